The van der Waals surface area contributed by atoms with Crippen molar-refractivity contribution in [2.24, 2.45) is 0 Å². The van der Waals surface area contributed by atoms with Crippen molar-refractivity contribution in [1.29, 1.82) is 0 Å². The maximum atomic E-state index is 14.7. The Morgan fingerprint density at radius 1 is 1.10 bits per heavy atom. The number of imidazole rings is 1. The van der Waals surface area contributed by atoms with Crippen LogP contribution < -0.4 is 15.3 Å². The van der Waals surface area contributed by atoms with E-state index in [0.29, 0.717) is 22.8 Å². The summed E-state index contributed by atoms with van der Waals surface area (Å²) < 4.78 is 52.6. The second-order valence-electron chi connectivity index (χ2n) is 8.87. The van der Waals surface area contributed by atoms with E-state index in [1.807, 2.05) is 0 Å². The number of alkyl halides is 3. The number of amides is 2. The molecule has 0 unspecified atom stereocenters. The minimum absolute atomic E-state index is 0.0165. The van der Waals surface area contributed by atoms with Crippen molar-refractivity contribution in [3.63, 3.8) is 0 Å². The first-order chi connectivity index (χ1) is 18.3. The van der Waals surface area contributed by atoms with Crippen molar-refractivity contribution in [1.82, 2.24) is 24.8 Å². The van der Waals surface area contributed by atoms with Gasteiger partial charge in [0, 0.05) is 25.1 Å². The van der Waals surface area contributed by atoms with Crippen LogP contribution in [0.2, 0.25) is 0 Å². The summed E-state index contributed by atoms with van der Waals surface area (Å²) in [6.07, 6.45) is -3.99. The number of benzene rings is 1. The average Bonchev–Trinajstić information content (AvgIpc) is 3.31. The number of hydrogen-bond donors (Lipinski definition) is 1. The van der Waals surface area contributed by atoms with Gasteiger partial charge in [0.25, 0.3) is 5.91 Å². The van der Waals surface area contributed by atoms with Crippen molar-refractivity contribution < 1.29 is 36.8 Å². The SMILES string of the molecule is Cc1ncc(N2CCN(C(=O)c3cc(Cc4nn(OC(=O)C(F)(F)F)c(=O)c(C)c4C)ccc3F)CC2=O)[nH]1. The smallest absolute Gasteiger partial charge is 0.329 e. The lowest BCUT2D eigenvalue weighted by atomic mass is 10.0. The molecule has 0 radical (unpaired) electrons. The number of hydrogen-bond acceptors (Lipinski definition) is 7. The Kier molecular flexibility index (Phi) is 7.26. The highest BCUT2D eigenvalue weighted by Gasteiger charge is 2.42. The molecule has 0 spiro atoms. The van der Waals surface area contributed by atoms with E-state index < -0.39 is 29.4 Å². The molecule has 1 aromatic carbocycles. The Balaban J connectivity index is 1.56. The summed E-state index contributed by atoms with van der Waals surface area (Å²) in [5, 5.41) is 3.73. The van der Waals surface area contributed by atoms with Crippen LogP contribution in [0.15, 0.2) is 29.2 Å². The molecule has 0 saturated carbocycles. The summed E-state index contributed by atoms with van der Waals surface area (Å²) in [5.74, 6) is -3.48. The van der Waals surface area contributed by atoms with Crippen molar-refractivity contribution in [2.75, 3.05) is 24.5 Å². The molecule has 3 aromatic rings. The lowest BCUT2D eigenvalue weighted by Crippen LogP contribution is -2.52. The summed E-state index contributed by atoms with van der Waals surface area (Å²) in [4.78, 5) is 63.0. The number of H-pyrrole nitrogens is 1. The van der Waals surface area contributed by atoms with E-state index in [2.05, 4.69) is 19.9 Å². The molecule has 39 heavy (non-hydrogen) atoms. The van der Waals surface area contributed by atoms with Crippen molar-refractivity contribution in [3.8, 4) is 0 Å². The van der Waals surface area contributed by atoms with E-state index in [4.69, 9.17) is 0 Å². The predicted octanol–water partition coefficient (Wildman–Crippen LogP) is 1.63. The molecule has 4 rings (SSSR count). The van der Waals surface area contributed by atoms with E-state index in [-0.39, 0.29) is 53.6 Å². The first-order valence-corrected chi connectivity index (χ1v) is 11.5. The number of carbonyl (C=O) groups excluding carboxylic acids is 3. The number of aryl methyl sites for hydroxylation is 1. The Morgan fingerprint density at radius 2 is 1.82 bits per heavy atom. The molecule has 1 aliphatic rings. The normalized spacial score (nSPS) is 14.1. The predicted molar refractivity (Wildman–Crippen MR) is 126 cm³/mol. The zero-order valence-corrected chi connectivity index (χ0v) is 20.9. The zero-order chi connectivity index (χ0) is 28.6. The highest BCUT2D eigenvalue weighted by Crippen LogP contribution is 2.21. The average molecular weight is 550 g/mol. The Bertz CT molecular complexity index is 1530. The van der Waals surface area contributed by atoms with Crippen molar-refractivity contribution in [2.45, 2.75) is 33.4 Å². The van der Waals surface area contributed by atoms with Crippen LogP contribution in [-0.4, -0.2) is 68.4 Å². The zero-order valence-electron chi connectivity index (χ0n) is 20.9. The number of nitrogens with one attached hydrogen (secondary N) is 1. The molecular weight excluding hydrogens is 528 g/mol. The first-order valence-electron chi connectivity index (χ1n) is 11.5. The third-order valence-corrected chi connectivity index (χ3v) is 6.22. The third kappa shape index (κ3) is 5.66. The Labute approximate surface area is 217 Å². The molecule has 0 atom stereocenters. The summed E-state index contributed by atoms with van der Waals surface area (Å²) in [5.41, 5.74) is -0.689. The summed E-state index contributed by atoms with van der Waals surface area (Å²) in [7, 11) is 0. The molecule has 1 N–H and O–H groups in total. The standard InChI is InChI=1S/C24H22F4N6O5/c1-12-13(2)21(36)34(39-23(38)24(26,27)28)31-18(12)9-15-4-5-17(25)16(8-15)22(37)32-6-7-33(20(35)11-32)19-10-29-14(3)30-19/h4-5,8,10H,6-7,9,11H2,1-3H3,(H,29,30). The lowest BCUT2D eigenvalue weighted by Gasteiger charge is -2.33. The molecule has 3 heterocycles. The van der Waals surface area contributed by atoms with Gasteiger partial charge >= 0.3 is 17.7 Å². The number of halogens is 4. The molecule has 2 aromatic heterocycles. The molecule has 11 nitrogen and oxygen atoms in total. The number of nitrogens with zero attached hydrogens (tertiary/aromatic N) is 5. The highest BCUT2D eigenvalue weighted by atomic mass is 19.4. The number of aromatic amines is 1. The Hall–Kier alpha value is -4.56. The van der Waals surface area contributed by atoms with Gasteiger partial charge in [0.15, 0.2) is 0 Å². The molecule has 1 fully saturated rings. The molecule has 0 bridgehead atoms. The van der Waals surface area contributed by atoms with Crippen LogP contribution in [0.5, 0.6) is 0 Å². The number of piperazine rings is 1. The molecular formula is C24H22F4N6O5. The summed E-state index contributed by atoms with van der Waals surface area (Å²) >= 11 is 0. The first kappa shape index (κ1) is 27.5. The second kappa shape index (κ2) is 10.3. The van der Waals surface area contributed by atoms with Gasteiger partial charge in [-0.15, -0.1) is 5.10 Å². The molecule has 1 saturated heterocycles. The minimum atomic E-state index is -5.35. The fourth-order valence-electron chi connectivity index (χ4n) is 3.97. The van der Waals surface area contributed by atoms with Gasteiger partial charge in [-0.2, -0.15) is 13.2 Å². The second-order valence-corrected chi connectivity index (χ2v) is 8.87. The van der Waals surface area contributed by atoms with Gasteiger partial charge in [-0.05, 0) is 48.9 Å². The van der Waals surface area contributed by atoms with E-state index in [9.17, 15) is 36.7 Å². The minimum Gasteiger partial charge on any atom is -0.329 e. The van der Waals surface area contributed by atoms with Gasteiger partial charge in [-0.25, -0.2) is 14.2 Å². The van der Waals surface area contributed by atoms with Crippen LogP contribution in [0.4, 0.5) is 23.4 Å². The van der Waals surface area contributed by atoms with Crippen LogP contribution in [-0.2, 0) is 16.0 Å². The van der Waals surface area contributed by atoms with Crippen LogP contribution in [0.25, 0.3) is 0 Å². The van der Waals surface area contributed by atoms with Crippen molar-refractivity contribution >= 4 is 23.6 Å². The van der Waals surface area contributed by atoms with Gasteiger partial charge in [0.1, 0.15) is 24.0 Å². The van der Waals surface area contributed by atoms with Gasteiger partial charge in [-0.3, -0.25) is 19.3 Å². The maximum Gasteiger partial charge on any atom is 0.493 e. The molecule has 0 aliphatic carbocycles. The fraction of sp³-hybridized carbons (Fsp3) is 0.333. The van der Waals surface area contributed by atoms with Gasteiger partial charge < -0.3 is 14.7 Å². The largest absolute Gasteiger partial charge is 0.493 e. The molecule has 1 aliphatic heterocycles. The number of aromatic nitrogens is 4. The fourth-order valence-corrected chi connectivity index (χ4v) is 3.97. The topological polar surface area (TPSA) is 130 Å². The van der Waals surface area contributed by atoms with Gasteiger partial charge in [0.2, 0.25) is 5.91 Å². The number of rotatable bonds is 5. The summed E-state index contributed by atoms with van der Waals surface area (Å²) in [6.45, 7) is 4.54. The maximum absolute atomic E-state index is 14.7. The Morgan fingerprint density at radius 3 is 2.44 bits per heavy atom. The van der Waals surface area contributed by atoms with E-state index >= 15 is 0 Å². The van der Waals surface area contributed by atoms with E-state index in [1.54, 1.807) is 6.92 Å². The molecule has 206 valence electrons. The monoisotopic (exact) mass is 550 g/mol. The number of carbonyl (C=O) groups is 3. The van der Waals surface area contributed by atoms with Crippen LogP contribution in [0.1, 0.15) is 38.6 Å². The third-order valence-electron chi connectivity index (χ3n) is 6.22. The van der Waals surface area contributed by atoms with Gasteiger partial charge in [-0.1, -0.05) is 6.07 Å². The number of anilines is 1. The highest BCUT2D eigenvalue weighted by molar-refractivity contribution is 6.01. The van der Waals surface area contributed by atoms with Crippen molar-refractivity contribution in [3.05, 3.63) is 74.3 Å². The van der Waals surface area contributed by atoms with Crippen LogP contribution in [0, 0.1) is 26.6 Å². The summed E-state index contributed by atoms with van der Waals surface area (Å²) in [6, 6.07) is 3.61. The van der Waals surface area contributed by atoms with E-state index in [0.717, 1.165) is 6.07 Å². The molecule has 15 heteroatoms. The van der Waals surface area contributed by atoms with E-state index in [1.165, 1.54) is 42.0 Å². The lowest BCUT2D eigenvalue weighted by molar-refractivity contribution is -0.202. The van der Waals surface area contributed by atoms with Gasteiger partial charge in [0.05, 0.1) is 17.5 Å². The van der Waals surface area contributed by atoms with Crippen LogP contribution >= 0.6 is 0 Å². The molecule has 2 amide bonds. The van der Waals surface area contributed by atoms with Crippen LogP contribution in [0.3, 0.4) is 0 Å². The quantitative estimate of drug-likeness (QED) is 0.478.